The number of carbonyl (C=O) groups excluding carboxylic acids is 3. The van der Waals surface area contributed by atoms with Crippen molar-refractivity contribution < 1.29 is 28.4 Å². The SMILES string of the molecule is O=C(COc1c(/C=C2/C(=O)NN(c3ccccc3)C2=O)cccc1[N+](=O)[O-])Nc1cccc(F)c1. The number of amides is 3. The number of rotatable bonds is 7. The van der Waals surface area contributed by atoms with Gasteiger partial charge in [-0.05, 0) is 36.4 Å². The van der Waals surface area contributed by atoms with E-state index >= 15 is 0 Å². The molecule has 35 heavy (non-hydrogen) atoms. The van der Waals surface area contributed by atoms with Gasteiger partial charge in [0.1, 0.15) is 11.4 Å². The number of benzene rings is 3. The number of hydrogen-bond donors (Lipinski definition) is 2. The van der Waals surface area contributed by atoms with Crippen LogP contribution < -0.4 is 20.5 Å². The van der Waals surface area contributed by atoms with E-state index in [1.54, 1.807) is 30.3 Å². The van der Waals surface area contributed by atoms with E-state index in [1.807, 2.05) is 0 Å². The second kappa shape index (κ2) is 9.83. The van der Waals surface area contributed by atoms with Crippen molar-refractivity contribution in [3.8, 4) is 5.75 Å². The Hall–Kier alpha value is -5.06. The maximum atomic E-state index is 13.3. The van der Waals surface area contributed by atoms with Crippen LogP contribution in [0.15, 0.2) is 78.4 Å². The lowest BCUT2D eigenvalue weighted by molar-refractivity contribution is -0.385. The highest BCUT2D eigenvalue weighted by Crippen LogP contribution is 2.33. The van der Waals surface area contributed by atoms with Gasteiger partial charge >= 0.3 is 5.69 Å². The topological polar surface area (TPSA) is 131 Å². The molecule has 0 atom stereocenters. The molecule has 0 radical (unpaired) electrons. The molecule has 4 rings (SSSR count). The van der Waals surface area contributed by atoms with Crippen molar-refractivity contribution in [2.75, 3.05) is 16.9 Å². The first-order chi connectivity index (χ1) is 16.8. The zero-order valence-electron chi connectivity index (χ0n) is 17.9. The van der Waals surface area contributed by atoms with E-state index in [-0.39, 0.29) is 22.6 Å². The molecule has 0 aliphatic carbocycles. The number of nitrogens with one attached hydrogen (secondary N) is 2. The van der Waals surface area contributed by atoms with Gasteiger partial charge in [0.25, 0.3) is 17.7 Å². The Morgan fingerprint density at radius 3 is 2.54 bits per heavy atom. The number of hydrogen-bond acceptors (Lipinski definition) is 6. The van der Waals surface area contributed by atoms with Crippen LogP contribution in [0, 0.1) is 15.9 Å². The summed E-state index contributed by atoms with van der Waals surface area (Å²) in [5.41, 5.74) is 2.35. The summed E-state index contributed by atoms with van der Waals surface area (Å²) in [6, 6.07) is 17.5. The number of nitro groups is 1. The Morgan fingerprint density at radius 2 is 1.83 bits per heavy atom. The number of carbonyl (C=O) groups is 3. The molecule has 1 saturated heterocycles. The smallest absolute Gasteiger partial charge is 0.311 e. The average molecular weight is 476 g/mol. The van der Waals surface area contributed by atoms with Crippen LogP contribution in [0.5, 0.6) is 5.75 Å². The Bertz CT molecular complexity index is 1360. The van der Waals surface area contributed by atoms with Gasteiger partial charge in [-0.1, -0.05) is 36.4 Å². The van der Waals surface area contributed by atoms with Crippen LogP contribution in [0.3, 0.4) is 0 Å². The summed E-state index contributed by atoms with van der Waals surface area (Å²) in [5.74, 6) is -2.93. The van der Waals surface area contributed by atoms with Crippen LogP contribution in [0.25, 0.3) is 6.08 Å². The summed E-state index contributed by atoms with van der Waals surface area (Å²) in [6.07, 6.45) is 1.16. The molecule has 0 saturated carbocycles. The molecule has 0 spiro atoms. The summed E-state index contributed by atoms with van der Waals surface area (Å²) in [4.78, 5) is 48.5. The summed E-state index contributed by atoms with van der Waals surface area (Å²) < 4.78 is 18.8. The van der Waals surface area contributed by atoms with E-state index < -0.39 is 40.8 Å². The van der Waals surface area contributed by atoms with Crippen LogP contribution in [0.4, 0.5) is 21.5 Å². The second-order valence-electron chi connectivity index (χ2n) is 7.27. The maximum absolute atomic E-state index is 13.3. The summed E-state index contributed by atoms with van der Waals surface area (Å²) >= 11 is 0. The number of nitro benzene ring substituents is 1. The molecule has 1 aliphatic heterocycles. The number of hydrazine groups is 1. The van der Waals surface area contributed by atoms with Gasteiger partial charge in [0, 0.05) is 17.3 Å². The largest absolute Gasteiger partial charge is 0.476 e. The fourth-order valence-electron chi connectivity index (χ4n) is 3.33. The third kappa shape index (κ3) is 5.14. The van der Waals surface area contributed by atoms with Crippen LogP contribution in [0.2, 0.25) is 0 Å². The highest BCUT2D eigenvalue weighted by Gasteiger charge is 2.35. The van der Waals surface area contributed by atoms with E-state index in [4.69, 9.17) is 4.74 Å². The zero-order chi connectivity index (χ0) is 24.9. The van der Waals surface area contributed by atoms with Crippen LogP contribution >= 0.6 is 0 Å². The standard InChI is InChI=1S/C24H17FN4O6/c25-16-7-5-8-17(13-16)26-21(30)14-35-22-15(6-4-11-20(22)29(33)34)12-19-23(31)27-28(24(19)32)18-9-2-1-3-10-18/h1-13H,14H2,(H,26,30)(H,27,31)/b19-12-. The minimum Gasteiger partial charge on any atom is -0.476 e. The molecule has 10 nitrogen and oxygen atoms in total. The lowest BCUT2D eigenvalue weighted by atomic mass is 10.1. The van der Waals surface area contributed by atoms with E-state index in [1.165, 1.54) is 30.3 Å². The average Bonchev–Trinajstić information content (AvgIpc) is 3.12. The lowest BCUT2D eigenvalue weighted by Gasteiger charge is -2.14. The summed E-state index contributed by atoms with van der Waals surface area (Å²) in [7, 11) is 0. The van der Waals surface area contributed by atoms with Crippen LogP contribution in [0.1, 0.15) is 5.56 Å². The van der Waals surface area contributed by atoms with Gasteiger partial charge in [-0.25, -0.2) is 9.40 Å². The van der Waals surface area contributed by atoms with Gasteiger partial charge in [0.2, 0.25) is 5.75 Å². The number of para-hydroxylation sites is 2. The summed E-state index contributed by atoms with van der Waals surface area (Å²) in [6.45, 7) is -0.645. The van der Waals surface area contributed by atoms with Crippen molar-refractivity contribution in [2.24, 2.45) is 0 Å². The number of nitrogens with zero attached hydrogens (tertiary/aromatic N) is 2. The van der Waals surface area contributed by atoms with Crippen LogP contribution in [-0.2, 0) is 14.4 Å². The first kappa shape index (κ1) is 23.1. The van der Waals surface area contributed by atoms with Gasteiger partial charge in [0.05, 0.1) is 10.6 Å². The molecule has 3 aromatic carbocycles. The molecule has 0 aromatic heterocycles. The van der Waals surface area contributed by atoms with Gasteiger partial charge in [-0.2, -0.15) is 0 Å². The Morgan fingerprint density at radius 1 is 1.09 bits per heavy atom. The molecule has 176 valence electrons. The first-order valence-corrected chi connectivity index (χ1v) is 10.2. The molecule has 11 heteroatoms. The number of halogens is 1. The summed E-state index contributed by atoms with van der Waals surface area (Å²) in [5, 5.41) is 15.0. The molecule has 3 amide bonds. The highest BCUT2D eigenvalue weighted by molar-refractivity contribution is 6.31. The molecular formula is C24H17FN4O6. The Labute approximate surface area is 197 Å². The highest BCUT2D eigenvalue weighted by atomic mass is 19.1. The molecular weight excluding hydrogens is 459 g/mol. The van der Waals surface area contributed by atoms with Crippen molar-refractivity contribution in [1.29, 1.82) is 0 Å². The van der Waals surface area contributed by atoms with Crippen molar-refractivity contribution in [3.63, 3.8) is 0 Å². The molecule has 1 heterocycles. The predicted octanol–water partition coefficient (Wildman–Crippen LogP) is 3.21. The van der Waals surface area contributed by atoms with Gasteiger partial charge in [-0.3, -0.25) is 29.9 Å². The van der Waals surface area contributed by atoms with E-state index in [9.17, 15) is 28.9 Å². The van der Waals surface area contributed by atoms with Gasteiger partial charge < -0.3 is 10.1 Å². The minimum atomic E-state index is -0.714. The van der Waals surface area contributed by atoms with Crippen molar-refractivity contribution in [1.82, 2.24) is 5.43 Å². The quantitative estimate of drug-likeness (QED) is 0.233. The third-order valence-corrected chi connectivity index (χ3v) is 4.88. The minimum absolute atomic E-state index is 0.0474. The molecule has 1 aliphatic rings. The molecule has 0 unspecified atom stereocenters. The Balaban J connectivity index is 1.60. The van der Waals surface area contributed by atoms with Gasteiger partial charge in [0.15, 0.2) is 6.61 Å². The maximum Gasteiger partial charge on any atom is 0.311 e. The second-order valence-corrected chi connectivity index (χ2v) is 7.27. The normalized spacial score (nSPS) is 14.1. The third-order valence-electron chi connectivity index (χ3n) is 4.88. The van der Waals surface area contributed by atoms with Crippen molar-refractivity contribution in [2.45, 2.75) is 0 Å². The number of anilines is 2. The van der Waals surface area contributed by atoms with E-state index in [2.05, 4.69) is 10.7 Å². The molecule has 3 aromatic rings. The number of ether oxygens (including phenoxy) is 1. The fourth-order valence-corrected chi connectivity index (χ4v) is 3.33. The first-order valence-electron chi connectivity index (χ1n) is 10.2. The van der Waals surface area contributed by atoms with Crippen LogP contribution in [-0.4, -0.2) is 29.3 Å². The Kier molecular flexibility index (Phi) is 6.49. The van der Waals surface area contributed by atoms with E-state index in [0.717, 1.165) is 23.2 Å². The van der Waals surface area contributed by atoms with Gasteiger partial charge in [-0.15, -0.1) is 0 Å². The van der Waals surface area contributed by atoms with Crippen molar-refractivity contribution in [3.05, 3.63) is 99.9 Å². The monoisotopic (exact) mass is 476 g/mol. The predicted molar refractivity (Wildman–Crippen MR) is 124 cm³/mol. The van der Waals surface area contributed by atoms with E-state index in [0.29, 0.717) is 5.69 Å². The zero-order valence-corrected chi connectivity index (χ0v) is 17.9. The fraction of sp³-hybridized carbons (Fsp3) is 0.0417. The molecule has 0 bridgehead atoms. The molecule has 1 fully saturated rings. The lowest BCUT2D eigenvalue weighted by Crippen LogP contribution is -2.35. The van der Waals surface area contributed by atoms with Crippen molar-refractivity contribution >= 4 is 40.9 Å². The molecule has 2 N–H and O–H groups in total.